The van der Waals surface area contributed by atoms with Crippen molar-refractivity contribution < 1.29 is 38.3 Å². The van der Waals surface area contributed by atoms with Gasteiger partial charge >= 0.3 is 13.5 Å². The minimum Gasteiger partial charge on any atom is -0.479 e. The average molecular weight is 643 g/mol. The smallest absolute Gasteiger partial charge is 0.323 e. The number of aliphatic hydroxyl groups is 2. The standard InChI is InChI=1S/C30H39N6O8P/c1-17(26(38)42-15-29(2,3)4)35-45(40,21-13-9-11-18-10-7-8-12-19(18)21)43-14-20-23(37)30(5,39)27(44-20)36-16-32-22-24(36)33-28(31)34-25(22)41-6/h7-13,16-17,20,23,27,37,39H,14-15H2,1-6H3,(H,35,40)(H2,31,33,34)/t17-,20+,23-,27+,30+,45?/m0/s1. The number of aromatic nitrogens is 4. The number of methoxy groups -OCH3 is 1. The maximum Gasteiger partial charge on any atom is 0.323 e. The summed E-state index contributed by atoms with van der Waals surface area (Å²) in [6.07, 6.45) is -2.47. The van der Waals surface area contributed by atoms with Crippen LogP contribution in [0.4, 0.5) is 5.95 Å². The molecule has 0 spiro atoms. The number of benzene rings is 2. The van der Waals surface area contributed by atoms with Gasteiger partial charge in [0, 0.05) is 0 Å². The van der Waals surface area contributed by atoms with E-state index >= 15 is 0 Å². The van der Waals surface area contributed by atoms with Gasteiger partial charge in [0.1, 0.15) is 23.9 Å². The van der Waals surface area contributed by atoms with Crippen molar-refractivity contribution in [2.24, 2.45) is 5.41 Å². The molecule has 0 amide bonds. The lowest BCUT2D eigenvalue weighted by molar-refractivity contribution is -0.148. The van der Waals surface area contributed by atoms with E-state index in [1.807, 2.05) is 45.0 Å². The lowest BCUT2D eigenvalue weighted by Gasteiger charge is -2.28. The number of hydrogen-bond acceptors (Lipinski definition) is 12. The molecule has 242 valence electrons. The van der Waals surface area contributed by atoms with Crippen molar-refractivity contribution in [1.29, 1.82) is 0 Å². The number of nitrogen functional groups attached to an aromatic ring is 1. The number of aliphatic hydroxyl groups excluding tert-OH is 1. The molecule has 0 radical (unpaired) electrons. The number of nitrogens with zero attached hydrogens (tertiary/aromatic N) is 4. The number of esters is 1. The third-order valence-electron chi connectivity index (χ3n) is 7.48. The molecule has 1 fully saturated rings. The maximum absolute atomic E-state index is 14.8. The number of imidazole rings is 1. The van der Waals surface area contributed by atoms with Crippen molar-refractivity contribution in [3.8, 4) is 5.88 Å². The Morgan fingerprint density at radius 3 is 2.64 bits per heavy atom. The van der Waals surface area contributed by atoms with Crippen LogP contribution >= 0.6 is 7.52 Å². The molecule has 1 unspecified atom stereocenters. The first-order chi connectivity index (χ1) is 21.1. The summed E-state index contributed by atoms with van der Waals surface area (Å²) in [7, 11) is -2.64. The molecule has 0 saturated carbocycles. The molecule has 2 aromatic heterocycles. The molecule has 3 heterocycles. The van der Waals surface area contributed by atoms with Crippen LogP contribution in [0, 0.1) is 5.41 Å². The van der Waals surface area contributed by atoms with Crippen LogP contribution in [0.15, 0.2) is 48.8 Å². The zero-order chi connectivity index (χ0) is 32.7. The number of carbonyl (C=O) groups is 1. The van der Waals surface area contributed by atoms with Crippen molar-refractivity contribution in [1.82, 2.24) is 24.6 Å². The summed E-state index contributed by atoms with van der Waals surface area (Å²) in [5.74, 6) is -0.555. The molecule has 2 aromatic carbocycles. The minimum atomic E-state index is -4.04. The van der Waals surface area contributed by atoms with Crippen molar-refractivity contribution >= 4 is 46.7 Å². The number of hydrogen-bond donors (Lipinski definition) is 4. The van der Waals surface area contributed by atoms with Gasteiger partial charge in [-0.3, -0.25) is 13.9 Å². The molecule has 4 aromatic rings. The topological polar surface area (TPSA) is 193 Å². The van der Waals surface area contributed by atoms with Crippen molar-refractivity contribution in [3.63, 3.8) is 0 Å². The normalized spacial score (nSPS) is 24.0. The Morgan fingerprint density at radius 1 is 1.22 bits per heavy atom. The molecule has 6 atom stereocenters. The lowest BCUT2D eigenvalue weighted by atomic mass is 9.96. The number of anilines is 1. The van der Waals surface area contributed by atoms with E-state index in [1.165, 1.54) is 24.9 Å². The van der Waals surface area contributed by atoms with Crippen molar-refractivity contribution in [2.45, 2.75) is 64.7 Å². The van der Waals surface area contributed by atoms with Gasteiger partial charge < -0.3 is 34.7 Å². The van der Waals surface area contributed by atoms with E-state index in [9.17, 15) is 19.6 Å². The highest BCUT2D eigenvalue weighted by Gasteiger charge is 2.54. The highest BCUT2D eigenvalue weighted by molar-refractivity contribution is 7.65. The summed E-state index contributed by atoms with van der Waals surface area (Å²) in [4.78, 5) is 25.4. The molecule has 0 aliphatic carbocycles. The quantitative estimate of drug-likeness (QED) is 0.146. The molecule has 1 saturated heterocycles. The highest BCUT2D eigenvalue weighted by Crippen LogP contribution is 2.47. The number of carbonyl (C=O) groups excluding carboxylic acids is 1. The summed E-state index contributed by atoms with van der Waals surface area (Å²) in [5, 5.41) is 27.3. The maximum atomic E-state index is 14.8. The zero-order valence-electron chi connectivity index (χ0n) is 26.0. The molecule has 0 bridgehead atoms. The van der Waals surface area contributed by atoms with Gasteiger partial charge in [-0.2, -0.15) is 9.97 Å². The third-order valence-corrected chi connectivity index (χ3v) is 9.74. The van der Waals surface area contributed by atoms with Gasteiger partial charge in [-0.15, -0.1) is 0 Å². The van der Waals surface area contributed by atoms with Gasteiger partial charge in [0.25, 0.3) is 0 Å². The first-order valence-electron chi connectivity index (χ1n) is 14.4. The second-order valence-electron chi connectivity index (χ2n) is 12.5. The Kier molecular flexibility index (Phi) is 8.93. The van der Waals surface area contributed by atoms with Crippen LogP contribution in [0.3, 0.4) is 0 Å². The molecule has 14 nitrogen and oxygen atoms in total. The summed E-state index contributed by atoms with van der Waals surface area (Å²) in [6, 6.07) is 11.6. The number of nitrogens with two attached hydrogens (primary N) is 1. The second-order valence-corrected chi connectivity index (χ2v) is 14.6. The van der Waals surface area contributed by atoms with Crippen LogP contribution in [0.1, 0.15) is 40.8 Å². The predicted molar refractivity (Wildman–Crippen MR) is 167 cm³/mol. The number of fused-ring (bicyclic) bond motifs is 2. The Bertz CT molecular complexity index is 1750. The van der Waals surface area contributed by atoms with Gasteiger partial charge in [-0.1, -0.05) is 57.2 Å². The van der Waals surface area contributed by atoms with Gasteiger partial charge in [0.05, 0.1) is 32.0 Å². The Labute approximate surface area is 260 Å². The van der Waals surface area contributed by atoms with Crippen molar-refractivity contribution in [2.75, 3.05) is 26.1 Å². The minimum absolute atomic E-state index is 0.0866. The molecule has 1 aliphatic heterocycles. The molecule has 1 aliphatic rings. The summed E-state index contributed by atoms with van der Waals surface area (Å²) < 4.78 is 39.1. The van der Waals surface area contributed by atoms with Crippen LogP contribution < -0.4 is 20.9 Å². The van der Waals surface area contributed by atoms with Gasteiger partial charge in [-0.05, 0) is 36.1 Å². The summed E-state index contributed by atoms with van der Waals surface area (Å²) in [6.45, 7) is 8.48. The van der Waals surface area contributed by atoms with E-state index < -0.39 is 50.2 Å². The lowest BCUT2D eigenvalue weighted by Crippen LogP contribution is -2.44. The van der Waals surface area contributed by atoms with Crippen LogP contribution in [0.2, 0.25) is 0 Å². The fourth-order valence-corrected chi connectivity index (χ4v) is 7.27. The van der Waals surface area contributed by atoms with E-state index in [-0.39, 0.29) is 35.0 Å². The first-order valence-corrected chi connectivity index (χ1v) is 16.0. The first kappa shape index (κ1) is 32.7. The largest absolute Gasteiger partial charge is 0.479 e. The van der Waals surface area contributed by atoms with Gasteiger partial charge in [0.15, 0.2) is 17.4 Å². The number of rotatable bonds is 10. The fourth-order valence-electron chi connectivity index (χ4n) is 5.14. The fraction of sp³-hybridized carbons (Fsp3) is 0.467. The highest BCUT2D eigenvalue weighted by atomic mass is 31.2. The molecular formula is C30H39N6O8P. The van der Waals surface area contributed by atoms with E-state index in [0.717, 1.165) is 5.39 Å². The number of nitrogens with one attached hydrogen (secondary N) is 1. The molecule has 15 heteroatoms. The average Bonchev–Trinajstić information content (AvgIpc) is 3.50. The Balaban J connectivity index is 1.44. The third kappa shape index (κ3) is 6.53. The number of ether oxygens (including phenoxy) is 3. The van der Waals surface area contributed by atoms with Crippen LogP contribution in [0.5, 0.6) is 5.88 Å². The van der Waals surface area contributed by atoms with E-state index in [0.29, 0.717) is 10.7 Å². The molecule has 5 rings (SSSR count). The zero-order valence-corrected chi connectivity index (χ0v) is 26.9. The Morgan fingerprint density at radius 2 is 1.93 bits per heavy atom. The molecular weight excluding hydrogens is 603 g/mol. The van der Waals surface area contributed by atoms with Crippen LogP contribution in [-0.2, 0) is 23.4 Å². The van der Waals surface area contributed by atoms with Crippen LogP contribution in [0.25, 0.3) is 21.9 Å². The van der Waals surface area contributed by atoms with Crippen molar-refractivity contribution in [3.05, 3.63) is 48.8 Å². The van der Waals surface area contributed by atoms with E-state index in [1.54, 1.807) is 25.1 Å². The van der Waals surface area contributed by atoms with Crippen LogP contribution in [-0.4, -0.2) is 79.9 Å². The molecule has 45 heavy (non-hydrogen) atoms. The predicted octanol–water partition coefficient (Wildman–Crippen LogP) is 2.68. The molecule has 5 N–H and O–H groups in total. The Hall–Kier alpha value is -3.65. The van der Waals surface area contributed by atoms with E-state index in [2.05, 4.69) is 20.0 Å². The monoisotopic (exact) mass is 642 g/mol. The summed E-state index contributed by atoms with van der Waals surface area (Å²) >= 11 is 0. The summed E-state index contributed by atoms with van der Waals surface area (Å²) in [5.41, 5.74) is 4.21. The second kappa shape index (κ2) is 12.3. The van der Waals surface area contributed by atoms with E-state index in [4.69, 9.17) is 24.5 Å². The SMILES string of the molecule is COc1nc(N)nc2c1ncn2[C@@H]1O[C@H](COP(=O)(N[C@@H](C)C(=O)OCC(C)(C)C)c2cccc3ccccc23)[C@H](O)[C@@]1(C)O. The van der Waals surface area contributed by atoms with Gasteiger partial charge in [0.2, 0.25) is 11.8 Å². The van der Waals surface area contributed by atoms with Gasteiger partial charge in [-0.25, -0.2) is 10.1 Å².